The Morgan fingerprint density at radius 1 is 1.47 bits per heavy atom. The Morgan fingerprint density at radius 3 is 2.59 bits per heavy atom. The minimum atomic E-state index is -0.457. The van der Waals surface area contributed by atoms with Crippen LogP contribution in [-0.4, -0.2) is 16.9 Å². The van der Waals surface area contributed by atoms with Crippen molar-refractivity contribution in [2.24, 2.45) is 11.7 Å². The Balaban J connectivity index is 2.55. The van der Waals surface area contributed by atoms with Crippen molar-refractivity contribution in [2.75, 3.05) is 5.32 Å². The predicted octanol–water partition coefficient (Wildman–Crippen LogP) is 2.58. The Hall–Kier alpha value is -0.940. The van der Waals surface area contributed by atoms with Gasteiger partial charge in [0.2, 0.25) is 5.91 Å². The number of carbonyl (C=O) groups excluding carboxylic acids is 1. The van der Waals surface area contributed by atoms with Gasteiger partial charge in [-0.25, -0.2) is 4.98 Å². The van der Waals surface area contributed by atoms with Crippen LogP contribution >= 0.6 is 11.3 Å². The molecule has 0 spiro atoms. The highest BCUT2D eigenvalue weighted by Crippen LogP contribution is 2.21. The highest BCUT2D eigenvalue weighted by atomic mass is 32.1. The maximum absolute atomic E-state index is 11.8. The van der Waals surface area contributed by atoms with Crippen LogP contribution in [0.4, 0.5) is 5.13 Å². The Bertz CT molecular complexity index is 374. The minimum absolute atomic E-state index is 0.150. The van der Waals surface area contributed by atoms with Crippen molar-refractivity contribution in [3.63, 3.8) is 0 Å². The van der Waals surface area contributed by atoms with Crippen LogP contribution in [0.5, 0.6) is 0 Å². The molecule has 0 bridgehead atoms. The van der Waals surface area contributed by atoms with Crippen molar-refractivity contribution in [1.82, 2.24) is 4.98 Å². The van der Waals surface area contributed by atoms with Gasteiger partial charge in [-0.05, 0) is 18.3 Å². The van der Waals surface area contributed by atoms with Crippen LogP contribution in [0.2, 0.25) is 0 Å². The number of nitrogens with zero attached hydrogens (tertiary/aromatic N) is 1. The summed E-state index contributed by atoms with van der Waals surface area (Å²) in [7, 11) is 0. The number of aromatic nitrogens is 1. The smallest absolute Gasteiger partial charge is 0.243 e. The average molecular weight is 255 g/mol. The summed E-state index contributed by atoms with van der Waals surface area (Å²) in [5.41, 5.74) is 6.80. The van der Waals surface area contributed by atoms with Crippen LogP contribution < -0.4 is 11.1 Å². The van der Waals surface area contributed by atoms with Gasteiger partial charge in [0, 0.05) is 5.38 Å². The SMILES string of the molecule is CC(C)C[C@H](N)C(=O)Nc1nc(C(C)C)cs1. The number of anilines is 1. The second-order valence-electron chi connectivity index (χ2n) is 4.96. The summed E-state index contributed by atoms with van der Waals surface area (Å²) in [5, 5.41) is 5.37. The number of hydrogen-bond acceptors (Lipinski definition) is 4. The van der Waals surface area contributed by atoms with Crippen LogP contribution in [0.3, 0.4) is 0 Å². The lowest BCUT2D eigenvalue weighted by molar-refractivity contribution is -0.117. The van der Waals surface area contributed by atoms with E-state index in [0.29, 0.717) is 23.4 Å². The Labute approximate surface area is 107 Å². The third-order valence-corrected chi connectivity index (χ3v) is 3.18. The molecule has 17 heavy (non-hydrogen) atoms. The standard InChI is InChI=1S/C12H21N3OS/c1-7(2)5-9(13)11(16)15-12-14-10(6-17-12)8(3)4/h6-9H,5,13H2,1-4H3,(H,14,15,16)/t9-/m0/s1. The molecule has 0 saturated heterocycles. The monoisotopic (exact) mass is 255 g/mol. The molecule has 0 fully saturated rings. The first-order valence-corrected chi connectivity index (χ1v) is 6.80. The van der Waals surface area contributed by atoms with Crippen molar-refractivity contribution < 1.29 is 4.79 Å². The molecule has 0 aliphatic carbocycles. The van der Waals surface area contributed by atoms with Gasteiger partial charge >= 0.3 is 0 Å². The highest BCUT2D eigenvalue weighted by Gasteiger charge is 2.16. The normalized spacial score (nSPS) is 13.1. The van der Waals surface area contributed by atoms with Crippen molar-refractivity contribution in [3.8, 4) is 0 Å². The summed E-state index contributed by atoms with van der Waals surface area (Å²) >= 11 is 1.44. The van der Waals surface area contributed by atoms with E-state index in [-0.39, 0.29) is 5.91 Å². The number of nitrogens with one attached hydrogen (secondary N) is 1. The maximum Gasteiger partial charge on any atom is 0.243 e. The molecule has 1 heterocycles. The van der Waals surface area contributed by atoms with Gasteiger partial charge in [-0.15, -0.1) is 11.3 Å². The molecule has 3 N–H and O–H groups in total. The van der Waals surface area contributed by atoms with Gasteiger partial charge in [-0.1, -0.05) is 27.7 Å². The van der Waals surface area contributed by atoms with Crippen LogP contribution in [0, 0.1) is 5.92 Å². The van der Waals surface area contributed by atoms with E-state index in [1.54, 1.807) is 0 Å². The molecule has 0 aliphatic rings. The molecular weight excluding hydrogens is 234 g/mol. The first-order valence-electron chi connectivity index (χ1n) is 5.92. The maximum atomic E-state index is 11.8. The van der Waals surface area contributed by atoms with E-state index in [2.05, 4.69) is 24.1 Å². The molecule has 1 aromatic heterocycles. The minimum Gasteiger partial charge on any atom is -0.320 e. The largest absolute Gasteiger partial charge is 0.320 e. The quantitative estimate of drug-likeness (QED) is 0.849. The summed E-state index contributed by atoms with van der Waals surface area (Å²) in [4.78, 5) is 16.1. The lowest BCUT2D eigenvalue weighted by atomic mass is 10.0. The fourth-order valence-electron chi connectivity index (χ4n) is 1.42. The topological polar surface area (TPSA) is 68.0 Å². The summed E-state index contributed by atoms with van der Waals surface area (Å²) in [6, 6.07) is -0.457. The zero-order valence-corrected chi connectivity index (χ0v) is 11.7. The lowest BCUT2D eigenvalue weighted by Gasteiger charge is -2.12. The molecule has 1 aromatic rings. The molecule has 0 radical (unpaired) electrons. The Morgan fingerprint density at radius 2 is 2.12 bits per heavy atom. The van der Waals surface area contributed by atoms with Gasteiger partial charge in [0.1, 0.15) is 0 Å². The van der Waals surface area contributed by atoms with E-state index in [4.69, 9.17) is 5.73 Å². The summed E-state index contributed by atoms with van der Waals surface area (Å²) < 4.78 is 0. The summed E-state index contributed by atoms with van der Waals surface area (Å²) in [6.07, 6.45) is 0.689. The van der Waals surface area contributed by atoms with Crippen LogP contribution in [0.25, 0.3) is 0 Å². The molecule has 0 aromatic carbocycles. The average Bonchev–Trinajstić information content (AvgIpc) is 2.65. The molecule has 4 nitrogen and oxygen atoms in total. The van der Waals surface area contributed by atoms with E-state index in [9.17, 15) is 4.79 Å². The lowest BCUT2D eigenvalue weighted by Crippen LogP contribution is -2.36. The number of nitrogens with two attached hydrogens (primary N) is 1. The molecule has 0 unspecified atom stereocenters. The molecule has 1 atom stereocenters. The second kappa shape index (κ2) is 6.12. The van der Waals surface area contributed by atoms with Crippen LogP contribution in [0.15, 0.2) is 5.38 Å². The van der Waals surface area contributed by atoms with Crippen LogP contribution in [-0.2, 0) is 4.79 Å². The summed E-state index contributed by atoms with van der Waals surface area (Å²) in [5.74, 6) is 0.642. The first kappa shape index (κ1) is 14.1. The zero-order valence-electron chi connectivity index (χ0n) is 10.9. The van der Waals surface area contributed by atoms with Gasteiger partial charge in [-0.3, -0.25) is 4.79 Å². The zero-order chi connectivity index (χ0) is 13.0. The third kappa shape index (κ3) is 4.44. The van der Waals surface area contributed by atoms with Gasteiger partial charge < -0.3 is 11.1 Å². The molecular formula is C12H21N3OS. The fourth-order valence-corrected chi connectivity index (χ4v) is 2.30. The van der Waals surface area contributed by atoms with E-state index in [1.807, 2.05) is 19.2 Å². The van der Waals surface area contributed by atoms with Gasteiger partial charge in [0.15, 0.2) is 5.13 Å². The van der Waals surface area contributed by atoms with Crippen molar-refractivity contribution in [2.45, 2.75) is 46.1 Å². The van der Waals surface area contributed by atoms with E-state index in [0.717, 1.165) is 5.69 Å². The fraction of sp³-hybridized carbons (Fsp3) is 0.667. The molecule has 0 aliphatic heterocycles. The molecule has 1 amide bonds. The molecule has 96 valence electrons. The van der Waals surface area contributed by atoms with E-state index < -0.39 is 6.04 Å². The number of hydrogen-bond donors (Lipinski definition) is 2. The highest BCUT2D eigenvalue weighted by molar-refractivity contribution is 7.13. The number of amides is 1. The van der Waals surface area contributed by atoms with Crippen LogP contribution in [0.1, 0.15) is 45.7 Å². The molecule has 5 heteroatoms. The number of thiazole rings is 1. The van der Waals surface area contributed by atoms with Crippen molar-refractivity contribution >= 4 is 22.4 Å². The van der Waals surface area contributed by atoms with E-state index in [1.165, 1.54) is 11.3 Å². The number of carbonyl (C=O) groups is 1. The summed E-state index contributed by atoms with van der Waals surface area (Å²) in [6.45, 7) is 8.25. The first-order chi connectivity index (χ1) is 7.90. The second-order valence-corrected chi connectivity index (χ2v) is 5.82. The van der Waals surface area contributed by atoms with Gasteiger partial charge in [-0.2, -0.15) is 0 Å². The van der Waals surface area contributed by atoms with E-state index >= 15 is 0 Å². The van der Waals surface area contributed by atoms with Gasteiger partial charge in [0.25, 0.3) is 0 Å². The van der Waals surface area contributed by atoms with Gasteiger partial charge in [0.05, 0.1) is 11.7 Å². The Kier molecular flexibility index (Phi) is 5.08. The van der Waals surface area contributed by atoms with Crippen molar-refractivity contribution in [1.29, 1.82) is 0 Å². The molecule has 0 saturated carbocycles. The predicted molar refractivity (Wildman–Crippen MR) is 72.3 cm³/mol. The molecule has 1 rings (SSSR count). The third-order valence-electron chi connectivity index (χ3n) is 2.41. The number of rotatable bonds is 5. The van der Waals surface area contributed by atoms with Crippen molar-refractivity contribution in [3.05, 3.63) is 11.1 Å².